The zero-order chi connectivity index (χ0) is 13.2. The fourth-order valence-electron chi connectivity index (χ4n) is 1.93. The van der Waals surface area contributed by atoms with Crippen molar-refractivity contribution in [1.29, 1.82) is 0 Å². The molecule has 0 aliphatic rings. The Balaban J connectivity index is 2.09. The molecule has 3 aromatic rings. The third-order valence-corrected chi connectivity index (χ3v) is 2.85. The predicted molar refractivity (Wildman–Crippen MR) is 71.8 cm³/mol. The molecule has 3 rings (SSSR count). The molecule has 0 amide bonds. The molecule has 0 unspecified atom stereocenters. The second kappa shape index (κ2) is 4.56. The molecule has 0 fully saturated rings. The number of methoxy groups -OCH3 is 1. The van der Waals surface area contributed by atoms with Gasteiger partial charge in [0.15, 0.2) is 5.65 Å². The standard InChI is InChI=1S/C13H13N5O/c1-19-11-6-5-10-12(17-11)18(13(14)16-10)8-9-4-2-3-7-15-9/h2-7H,8H2,1H3,(H2,14,16). The van der Waals surface area contributed by atoms with Gasteiger partial charge in [-0.25, -0.2) is 4.98 Å². The third-order valence-electron chi connectivity index (χ3n) is 2.85. The molecule has 3 aromatic heterocycles. The normalized spacial score (nSPS) is 10.8. The van der Waals surface area contributed by atoms with Crippen molar-refractivity contribution >= 4 is 17.1 Å². The number of nitrogen functional groups attached to an aromatic ring is 1. The largest absolute Gasteiger partial charge is 0.481 e. The quantitative estimate of drug-likeness (QED) is 0.766. The van der Waals surface area contributed by atoms with Crippen LogP contribution in [-0.4, -0.2) is 26.6 Å². The molecule has 2 N–H and O–H groups in total. The van der Waals surface area contributed by atoms with E-state index in [0.29, 0.717) is 24.0 Å². The van der Waals surface area contributed by atoms with Gasteiger partial charge in [-0.15, -0.1) is 0 Å². The third kappa shape index (κ3) is 2.08. The van der Waals surface area contributed by atoms with E-state index in [9.17, 15) is 0 Å². The molecule has 0 saturated heterocycles. The van der Waals surface area contributed by atoms with Gasteiger partial charge in [-0.3, -0.25) is 9.55 Å². The first-order valence-corrected chi connectivity index (χ1v) is 5.84. The molecule has 0 spiro atoms. The highest BCUT2D eigenvalue weighted by Crippen LogP contribution is 2.20. The van der Waals surface area contributed by atoms with E-state index in [1.54, 1.807) is 19.4 Å². The molecular weight excluding hydrogens is 242 g/mol. The van der Waals surface area contributed by atoms with Crippen LogP contribution in [0.3, 0.4) is 0 Å². The van der Waals surface area contributed by atoms with Crippen LogP contribution in [0.4, 0.5) is 5.95 Å². The van der Waals surface area contributed by atoms with Crippen LogP contribution in [0.1, 0.15) is 5.69 Å². The Morgan fingerprint density at radius 2 is 2.11 bits per heavy atom. The van der Waals surface area contributed by atoms with Gasteiger partial charge in [0.1, 0.15) is 5.52 Å². The topological polar surface area (TPSA) is 78.9 Å². The maximum absolute atomic E-state index is 5.94. The molecule has 0 saturated carbocycles. The van der Waals surface area contributed by atoms with Gasteiger partial charge < -0.3 is 10.5 Å². The van der Waals surface area contributed by atoms with Crippen LogP contribution in [-0.2, 0) is 6.54 Å². The maximum Gasteiger partial charge on any atom is 0.215 e. The summed E-state index contributed by atoms with van der Waals surface area (Å²) >= 11 is 0. The lowest BCUT2D eigenvalue weighted by atomic mass is 10.3. The van der Waals surface area contributed by atoms with Gasteiger partial charge in [0.2, 0.25) is 11.8 Å². The lowest BCUT2D eigenvalue weighted by Crippen LogP contribution is -2.06. The van der Waals surface area contributed by atoms with Crippen LogP contribution >= 0.6 is 0 Å². The van der Waals surface area contributed by atoms with Crippen LogP contribution in [0.25, 0.3) is 11.2 Å². The van der Waals surface area contributed by atoms with Gasteiger partial charge in [0.25, 0.3) is 0 Å². The molecule has 19 heavy (non-hydrogen) atoms. The van der Waals surface area contributed by atoms with Gasteiger partial charge in [-0.2, -0.15) is 4.98 Å². The van der Waals surface area contributed by atoms with Crippen molar-refractivity contribution < 1.29 is 4.74 Å². The summed E-state index contributed by atoms with van der Waals surface area (Å²) < 4.78 is 6.95. The minimum Gasteiger partial charge on any atom is -0.481 e. The van der Waals surface area contributed by atoms with E-state index in [-0.39, 0.29) is 0 Å². The van der Waals surface area contributed by atoms with Gasteiger partial charge >= 0.3 is 0 Å². The summed E-state index contributed by atoms with van der Waals surface area (Å²) in [7, 11) is 1.58. The Labute approximate surface area is 109 Å². The first kappa shape index (κ1) is 11.5. The van der Waals surface area contributed by atoms with Gasteiger partial charge in [0, 0.05) is 12.3 Å². The second-order valence-corrected chi connectivity index (χ2v) is 4.07. The van der Waals surface area contributed by atoms with E-state index in [2.05, 4.69) is 15.0 Å². The summed E-state index contributed by atoms with van der Waals surface area (Å²) in [6.07, 6.45) is 1.75. The number of ether oxygens (including phenoxy) is 1. The lowest BCUT2D eigenvalue weighted by Gasteiger charge is -2.05. The van der Waals surface area contributed by atoms with Gasteiger partial charge in [0.05, 0.1) is 19.3 Å². The molecule has 0 aromatic carbocycles. The average Bonchev–Trinajstić information content (AvgIpc) is 2.76. The van der Waals surface area contributed by atoms with Crippen LogP contribution in [0.15, 0.2) is 36.5 Å². The molecule has 0 bridgehead atoms. The number of hydrogen-bond donors (Lipinski definition) is 1. The minimum absolute atomic E-state index is 0.418. The molecule has 0 atom stereocenters. The first-order chi connectivity index (χ1) is 9.28. The molecule has 3 heterocycles. The number of anilines is 1. The average molecular weight is 255 g/mol. The summed E-state index contributed by atoms with van der Waals surface area (Å²) in [5.74, 6) is 0.955. The minimum atomic E-state index is 0.418. The first-order valence-electron chi connectivity index (χ1n) is 5.84. The van der Waals surface area contributed by atoms with Crippen molar-refractivity contribution in [2.75, 3.05) is 12.8 Å². The summed E-state index contributed by atoms with van der Waals surface area (Å²) in [6, 6.07) is 9.35. The Kier molecular flexibility index (Phi) is 2.75. The van der Waals surface area contributed by atoms with Crippen molar-refractivity contribution in [2.45, 2.75) is 6.54 Å². The molecule has 0 aliphatic heterocycles. The number of imidazole rings is 1. The van der Waals surface area contributed by atoms with E-state index in [1.807, 2.05) is 28.8 Å². The van der Waals surface area contributed by atoms with Crippen LogP contribution < -0.4 is 10.5 Å². The van der Waals surface area contributed by atoms with Crippen LogP contribution in [0, 0.1) is 0 Å². The predicted octanol–water partition coefficient (Wildman–Crippen LogP) is 1.47. The van der Waals surface area contributed by atoms with Crippen LogP contribution in [0.5, 0.6) is 5.88 Å². The highest BCUT2D eigenvalue weighted by Gasteiger charge is 2.11. The molecular formula is C13H13N5O. The van der Waals surface area contributed by atoms with E-state index in [1.165, 1.54) is 0 Å². The number of pyridine rings is 2. The van der Waals surface area contributed by atoms with Crippen LogP contribution in [0.2, 0.25) is 0 Å². The van der Waals surface area contributed by atoms with E-state index in [0.717, 1.165) is 11.2 Å². The summed E-state index contributed by atoms with van der Waals surface area (Å²) in [5, 5.41) is 0. The number of fused-ring (bicyclic) bond motifs is 1. The van der Waals surface area contributed by atoms with Crippen molar-refractivity contribution in [3.05, 3.63) is 42.2 Å². The summed E-state index contributed by atoms with van der Waals surface area (Å²) in [6.45, 7) is 0.531. The van der Waals surface area contributed by atoms with Gasteiger partial charge in [-0.05, 0) is 18.2 Å². The zero-order valence-electron chi connectivity index (χ0n) is 10.4. The van der Waals surface area contributed by atoms with Crippen molar-refractivity contribution in [3.8, 4) is 5.88 Å². The van der Waals surface area contributed by atoms with Crippen molar-refractivity contribution in [3.63, 3.8) is 0 Å². The Morgan fingerprint density at radius 3 is 2.84 bits per heavy atom. The van der Waals surface area contributed by atoms with Crippen molar-refractivity contribution in [1.82, 2.24) is 19.5 Å². The smallest absolute Gasteiger partial charge is 0.215 e. The van der Waals surface area contributed by atoms with E-state index in [4.69, 9.17) is 10.5 Å². The summed E-state index contributed by atoms with van der Waals surface area (Å²) in [4.78, 5) is 12.9. The lowest BCUT2D eigenvalue weighted by molar-refractivity contribution is 0.399. The van der Waals surface area contributed by atoms with Crippen molar-refractivity contribution in [2.24, 2.45) is 0 Å². The number of aromatic nitrogens is 4. The fraction of sp³-hybridized carbons (Fsp3) is 0.154. The zero-order valence-corrected chi connectivity index (χ0v) is 10.4. The molecule has 0 radical (unpaired) electrons. The highest BCUT2D eigenvalue weighted by molar-refractivity contribution is 5.74. The second-order valence-electron chi connectivity index (χ2n) is 4.07. The monoisotopic (exact) mass is 255 g/mol. The molecule has 0 aliphatic carbocycles. The van der Waals surface area contributed by atoms with E-state index >= 15 is 0 Å². The number of nitrogens with zero attached hydrogens (tertiary/aromatic N) is 4. The molecule has 96 valence electrons. The fourth-order valence-corrected chi connectivity index (χ4v) is 1.93. The Hall–Kier alpha value is -2.63. The number of hydrogen-bond acceptors (Lipinski definition) is 5. The number of nitrogens with two attached hydrogens (primary N) is 1. The molecule has 6 nitrogen and oxygen atoms in total. The maximum atomic E-state index is 5.94. The highest BCUT2D eigenvalue weighted by atomic mass is 16.5. The van der Waals surface area contributed by atoms with E-state index < -0.39 is 0 Å². The Bertz CT molecular complexity index is 708. The molecule has 6 heteroatoms. The SMILES string of the molecule is COc1ccc2nc(N)n(Cc3ccccn3)c2n1. The Morgan fingerprint density at radius 1 is 1.21 bits per heavy atom. The summed E-state index contributed by atoms with van der Waals surface area (Å²) in [5.41, 5.74) is 8.28. The number of rotatable bonds is 3. The van der Waals surface area contributed by atoms with Gasteiger partial charge in [-0.1, -0.05) is 6.07 Å².